The second-order valence-corrected chi connectivity index (χ2v) is 9.63. The van der Waals surface area contributed by atoms with E-state index in [4.69, 9.17) is 4.74 Å². The maximum atomic E-state index is 12.4. The van der Waals surface area contributed by atoms with Crippen molar-refractivity contribution >= 4 is 23.3 Å². The maximum absolute atomic E-state index is 12.4. The smallest absolute Gasteiger partial charge is 0.410 e. The largest absolute Gasteiger partial charge is 0.444 e. The van der Waals surface area contributed by atoms with Gasteiger partial charge in [0, 0.05) is 32.7 Å². The van der Waals surface area contributed by atoms with Crippen molar-refractivity contribution in [3.63, 3.8) is 0 Å². The van der Waals surface area contributed by atoms with Gasteiger partial charge in [-0.05, 0) is 53.5 Å². The lowest BCUT2D eigenvalue weighted by atomic mass is 10.2. The van der Waals surface area contributed by atoms with Gasteiger partial charge in [-0.2, -0.15) is 0 Å². The minimum Gasteiger partial charge on any atom is -0.444 e. The Bertz CT molecular complexity index is 676. The summed E-state index contributed by atoms with van der Waals surface area (Å²) in [6.07, 6.45) is 3.84. The summed E-state index contributed by atoms with van der Waals surface area (Å²) in [5, 5.41) is 4.07. The minimum atomic E-state index is -0.459. The van der Waals surface area contributed by atoms with E-state index in [-0.39, 0.29) is 12.0 Å². The molecular weight excluding hydrogens is 388 g/mol. The quantitative estimate of drug-likeness (QED) is 0.647. The van der Waals surface area contributed by atoms with Crippen LogP contribution in [-0.2, 0) is 11.2 Å². The number of ether oxygens (including phenoxy) is 1. The minimum absolute atomic E-state index is 0.0162. The highest BCUT2D eigenvalue weighted by molar-refractivity contribution is 7.13. The summed E-state index contributed by atoms with van der Waals surface area (Å²) in [5.41, 5.74) is 0.372. The molecule has 0 unspecified atom stereocenters. The van der Waals surface area contributed by atoms with Crippen molar-refractivity contribution in [1.29, 1.82) is 0 Å². The molecule has 7 nitrogen and oxygen atoms in total. The number of hydrogen-bond donors (Lipinski definition) is 1. The summed E-state index contributed by atoms with van der Waals surface area (Å²) >= 11 is 1.52. The van der Waals surface area contributed by atoms with Gasteiger partial charge in [-0.3, -0.25) is 9.69 Å². The van der Waals surface area contributed by atoms with E-state index >= 15 is 0 Å². The molecule has 0 aromatic carbocycles. The van der Waals surface area contributed by atoms with Crippen molar-refractivity contribution in [1.82, 2.24) is 20.1 Å². The molecule has 0 aliphatic carbocycles. The average Bonchev–Trinajstić information content (AvgIpc) is 3.03. The lowest BCUT2D eigenvalue weighted by Crippen LogP contribution is -2.50. The molecule has 1 N–H and O–H groups in total. The molecule has 8 heteroatoms. The zero-order valence-electron chi connectivity index (χ0n) is 18.5. The van der Waals surface area contributed by atoms with Crippen LogP contribution in [0.4, 0.5) is 4.79 Å². The normalized spacial score (nSPS) is 15.4. The summed E-state index contributed by atoms with van der Waals surface area (Å²) in [6, 6.07) is 0. The summed E-state index contributed by atoms with van der Waals surface area (Å²) in [4.78, 5) is 33.9. The van der Waals surface area contributed by atoms with Crippen LogP contribution in [0.3, 0.4) is 0 Å². The Morgan fingerprint density at radius 1 is 1.17 bits per heavy atom. The average molecular weight is 425 g/mol. The lowest BCUT2D eigenvalue weighted by Gasteiger charge is -2.35. The van der Waals surface area contributed by atoms with E-state index in [9.17, 15) is 9.59 Å². The molecular formula is C21H36N4O3S. The number of nitrogens with zero attached hydrogens (tertiary/aromatic N) is 3. The fourth-order valence-corrected chi connectivity index (χ4v) is 4.19. The van der Waals surface area contributed by atoms with Gasteiger partial charge in [-0.25, -0.2) is 9.78 Å². The molecule has 1 aromatic rings. The van der Waals surface area contributed by atoms with Crippen LogP contribution in [0.1, 0.15) is 67.3 Å². The molecule has 2 heterocycles. The summed E-state index contributed by atoms with van der Waals surface area (Å²) < 4.78 is 5.43. The number of rotatable bonds is 8. The summed E-state index contributed by atoms with van der Waals surface area (Å²) in [5.74, 6) is -0.0162. The first kappa shape index (κ1) is 23.6. The number of thiazole rings is 1. The van der Waals surface area contributed by atoms with Gasteiger partial charge in [0.1, 0.15) is 10.5 Å². The number of aryl methyl sites for hydroxylation is 2. The molecule has 2 amide bonds. The zero-order chi connectivity index (χ0) is 21.4. The third kappa shape index (κ3) is 7.93. The Hall–Kier alpha value is -1.67. The van der Waals surface area contributed by atoms with E-state index in [0.717, 1.165) is 60.9 Å². The summed E-state index contributed by atoms with van der Waals surface area (Å²) in [7, 11) is 0. The molecule has 0 bridgehead atoms. The molecule has 0 atom stereocenters. The molecule has 29 heavy (non-hydrogen) atoms. The van der Waals surface area contributed by atoms with Crippen LogP contribution in [-0.4, -0.2) is 71.7 Å². The predicted octanol–water partition coefficient (Wildman–Crippen LogP) is 3.47. The van der Waals surface area contributed by atoms with Crippen molar-refractivity contribution in [2.45, 2.75) is 65.9 Å². The van der Waals surface area contributed by atoms with E-state index in [1.165, 1.54) is 11.3 Å². The van der Waals surface area contributed by atoms with Crippen LogP contribution in [0, 0.1) is 6.92 Å². The van der Waals surface area contributed by atoms with Crippen LogP contribution >= 0.6 is 11.3 Å². The van der Waals surface area contributed by atoms with E-state index in [1.807, 2.05) is 27.7 Å². The van der Waals surface area contributed by atoms with Crippen LogP contribution in [0.25, 0.3) is 0 Å². The number of amides is 2. The Balaban J connectivity index is 1.65. The number of carbonyl (C=O) groups is 2. The van der Waals surface area contributed by atoms with E-state index in [1.54, 1.807) is 4.90 Å². The fraction of sp³-hybridized carbons (Fsp3) is 0.762. The Kier molecular flexibility index (Phi) is 8.89. The standard InChI is InChI=1S/C21H36N4O3S/c1-6-7-9-17-23-16(2)18(29-17)19(26)22-10-8-11-24-12-14-25(15-13-24)20(27)28-21(3,4)5/h6-15H2,1-5H3,(H,22,26). The first-order chi connectivity index (χ1) is 13.7. The fourth-order valence-electron chi connectivity index (χ4n) is 3.16. The highest BCUT2D eigenvalue weighted by Gasteiger charge is 2.25. The van der Waals surface area contributed by atoms with Gasteiger partial charge in [0.15, 0.2) is 0 Å². The van der Waals surface area contributed by atoms with Crippen molar-refractivity contribution in [3.05, 3.63) is 15.6 Å². The number of hydrogen-bond acceptors (Lipinski definition) is 6. The second kappa shape index (κ2) is 10.9. The van der Waals surface area contributed by atoms with Crippen LogP contribution in [0.15, 0.2) is 0 Å². The predicted molar refractivity (Wildman–Crippen MR) is 117 cm³/mol. The van der Waals surface area contributed by atoms with Gasteiger partial charge in [-0.15, -0.1) is 11.3 Å². The van der Waals surface area contributed by atoms with Gasteiger partial charge in [0.05, 0.1) is 10.7 Å². The highest BCUT2D eigenvalue weighted by atomic mass is 32.1. The van der Waals surface area contributed by atoms with Crippen molar-refractivity contribution in [3.8, 4) is 0 Å². The molecule has 1 aromatic heterocycles. The van der Waals surface area contributed by atoms with E-state index in [2.05, 4.69) is 22.1 Å². The maximum Gasteiger partial charge on any atom is 0.410 e. The third-order valence-corrected chi connectivity index (χ3v) is 5.97. The summed E-state index contributed by atoms with van der Waals surface area (Å²) in [6.45, 7) is 14.3. The van der Waals surface area contributed by atoms with Gasteiger partial charge < -0.3 is 15.0 Å². The van der Waals surface area contributed by atoms with Gasteiger partial charge in [-0.1, -0.05) is 13.3 Å². The Morgan fingerprint density at radius 2 is 1.86 bits per heavy atom. The molecule has 164 valence electrons. The first-order valence-corrected chi connectivity index (χ1v) is 11.5. The molecule has 0 saturated carbocycles. The van der Waals surface area contributed by atoms with E-state index < -0.39 is 5.60 Å². The molecule has 0 radical (unpaired) electrons. The van der Waals surface area contributed by atoms with E-state index in [0.29, 0.717) is 19.6 Å². The highest BCUT2D eigenvalue weighted by Crippen LogP contribution is 2.19. The van der Waals surface area contributed by atoms with Crippen molar-refractivity contribution in [2.24, 2.45) is 0 Å². The monoisotopic (exact) mass is 424 g/mol. The number of aromatic nitrogens is 1. The zero-order valence-corrected chi connectivity index (χ0v) is 19.4. The van der Waals surface area contributed by atoms with Crippen LogP contribution in [0.2, 0.25) is 0 Å². The van der Waals surface area contributed by atoms with Crippen molar-refractivity contribution in [2.75, 3.05) is 39.3 Å². The van der Waals surface area contributed by atoms with Crippen LogP contribution < -0.4 is 5.32 Å². The lowest BCUT2D eigenvalue weighted by molar-refractivity contribution is 0.0144. The van der Waals surface area contributed by atoms with Crippen molar-refractivity contribution < 1.29 is 14.3 Å². The number of piperazine rings is 1. The number of unbranched alkanes of at least 4 members (excludes halogenated alkanes) is 1. The Labute approximate surface area is 178 Å². The molecule has 0 spiro atoms. The van der Waals surface area contributed by atoms with Gasteiger partial charge in [0.25, 0.3) is 5.91 Å². The molecule has 1 fully saturated rings. The number of nitrogens with one attached hydrogen (secondary N) is 1. The molecule has 1 aliphatic rings. The van der Waals surface area contributed by atoms with Crippen LogP contribution in [0.5, 0.6) is 0 Å². The van der Waals surface area contributed by atoms with Gasteiger partial charge in [0.2, 0.25) is 0 Å². The molecule has 1 saturated heterocycles. The second-order valence-electron chi connectivity index (χ2n) is 8.54. The number of carbonyl (C=O) groups excluding carboxylic acids is 2. The first-order valence-electron chi connectivity index (χ1n) is 10.6. The Morgan fingerprint density at radius 3 is 2.48 bits per heavy atom. The SMILES string of the molecule is CCCCc1nc(C)c(C(=O)NCCCN2CCN(C(=O)OC(C)(C)C)CC2)s1. The molecule has 1 aliphatic heterocycles. The van der Waals surface area contributed by atoms with Gasteiger partial charge >= 0.3 is 6.09 Å². The topological polar surface area (TPSA) is 74.8 Å². The molecule has 2 rings (SSSR count). The third-order valence-electron chi connectivity index (χ3n) is 4.75.